The molecule has 27 heavy (non-hydrogen) atoms. The molecule has 0 fully saturated rings. The number of nitrogens with one attached hydrogen (secondary N) is 1. The van der Waals surface area contributed by atoms with Gasteiger partial charge in [0.2, 0.25) is 5.91 Å². The molecule has 136 valence electrons. The van der Waals surface area contributed by atoms with Crippen molar-refractivity contribution in [2.45, 2.75) is 13.0 Å². The maximum Gasteiger partial charge on any atom is 0.264 e. The van der Waals surface area contributed by atoms with Gasteiger partial charge in [-0.2, -0.15) is 5.10 Å². The molecule has 3 aromatic heterocycles. The van der Waals surface area contributed by atoms with Crippen molar-refractivity contribution in [3.63, 3.8) is 0 Å². The molecule has 0 aliphatic carbocycles. The molecule has 3 heterocycles. The third-order valence-electron chi connectivity index (χ3n) is 4.04. The molecule has 0 radical (unpaired) electrons. The van der Waals surface area contributed by atoms with Crippen LogP contribution < -0.4 is 10.9 Å². The number of tetrazole rings is 1. The molecule has 1 N–H and O–H groups in total. The number of anilines is 1. The molecule has 4 aromatic rings. The first kappa shape index (κ1) is 16.6. The van der Waals surface area contributed by atoms with Crippen LogP contribution in [0.2, 0.25) is 0 Å². The molecule has 0 atom stereocenters. The lowest BCUT2D eigenvalue weighted by molar-refractivity contribution is -0.116. The minimum absolute atomic E-state index is 0.127. The molecule has 0 saturated heterocycles. The van der Waals surface area contributed by atoms with Crippen molar-refractivity contribution >= 4 is 22.6 Å². The van der Waals surface area contributed by atoms with Crippen molar-refractivity contribution in [3.05, 3.63) is 53.5 Å². The van der Waals surface area contributed by atoms with Crippen LogP contribution in [0.3, 0.4) is 0 Å². The second-order valence-electron chi connectivity index (χ2n) is 5.85. The number of fused-ring (bicyclic) bond motifs is 1. The summed E-state index contributed by atoms with van der Waals surface area (Å²) in [7, 11) is 1.72. The highest BCUT2D eigenvalue weighted by Crippen LogP contribution is 2.13. The second-order valence-corrected chi connectivity index (χ2v) is 5.85. The minimum atomic E-state index is -0.221. The highest BCUT2D eigenvalue weighted by atomic mass is 16.2. The maximum atomic E-state index is 12.4. The van der Waals surface area contributed by atoms with Crippen LogP contribution in [-0.4, -0.2) is 45.4 Å². The largest absolute Gasteiger partial charge is 0.326 e. The van der Waals surface area contributed by atoms with E-state index in [2.05, 4.69) is 30.9 Å². The number of rotatable bonds is 5. The molecule has 0 spiro atoms. The van der Waals surface area contributed by atoms with Crippen LogP contribution in [0.15, 0.2) is 47.9 Å². The average Bonchev–Trinajstić information content (AvgIpc) is 3.32. The Bertz CT molecular complexity index is 1160. The summed E-state index contributed by atoms with van der Waals surface area (Å²) in [6.07, 6.45) is 4.50. The summed E-state index contributed by atoms with van der Waals surface area (Å²) in [6, 6.07) is 7.13. The second kappa shape index (κ2) is 6.78. The van der Waals surface area contributed by atoms with E-state index in [0.29, 0.717) is 16.7 Å². The van der Waals surface area contributed by atoms with E-state index in [0.717, 1.165) is 5.69 Å². The smallest absolute Gasteiger partial charge is 0.264 e. The molecule has 1 amide bonds. The Morgan fingerprint density at radius 3 is 2.96 bits per heavy atom. The van der Waals surface area contributed by atoms with Crippen molar-refractivity contribution in [2.75, 3.05) is 5.32 Å². The minimum Gasteiger partial charge on any atom is -0.326 e. The van der Waals surface area contributed by atoms with Crippen molar-refractivity contribution < 1.29 is 4.79 Å². The van der Waals surface area contributed by atoms with Gasteiger partial charge in [0.1, 0.15) is 11.7 Å². The van der Waals surface area contributed by atoms with Gasteiger partial charge in [-0.3, -0.25) is 18.8 Å². The summed E-state index contributed by atoms with van der Waals surface area (Å²) in [5.41, 5.74) is 1.63. The zero-order valence-corrected chi connectivity index (χ0v) is 14.3. The van der Waals surface area contributed by atoms with Gasteiger partial charge in [-0.05, 0) is 28.6 Å². The van der Waals surface area contributed by atoms with Gasteiger partial charge in [-0.15, -0.1) is 5.10 Å². The first-order chi connectivity index (χ1) is 13.1. The number of carbonyl (C=O) groups excluding carboxylic acids is 1. The number of amides is 1. The van der Waals surface area contributed by atoms with Gasteiger partial charge in [0.15, 0.2) is 5.65 Å². The quantitative estimate of drug-likeness (QED) is 0.533. The van der Waals surface area contributed by atoms with Crippen LogP contribution in [-0.2, 0) is 18.4 Å². The van der Waals surface area contributed by atoms with Gasteiger partial charge < -0.3 is 5.32 Å². The number of hydrogen-bond acceptors (Lipinski definition) is 7. The van der Waals surface area contributed by atoms with Crippen LogP contribution in [0.25, 0.3) is 16.7 Å². The Morgan fingerprint density at radius 1 is 1.26 bits per heavy atom. The van der Waals surface area contributed by atoms with E-state index in [-0.39, 0.29) is 24.4 Å². The summed E-state index contributed by atoms with van der Waals surface area (Å²) >= 11 is 0. The lowest BCUT2D eigenvalue weighted by Crippen LogP contribution is -2.23. The Hall–Kier alpha value is -3.89. The normalized spacial score (nSPS) is 11.0. The number of aryl methyl sites for hydroxylation is 2. The summed E-state index contributed by atoms with van der Waals surface area (Å²) in [5, 5.41) is 18.2. The molecule has 0 saturated carbocycles. The van der Waals surface area contributed by atoms with Crippen molar-refractivity contribution in [1.29, 1.82) is 0 Å². The SMILES string of the molecule is Cn1ncc2c(=O)n(CCC(=O)Nc3cccc(-n4cnnn4)c3)cnc21. The van der Waals surface area contributed by atoms with E-state index in [1.54, 1.807) is 25.2 Å². The van der Waals surface area contributed by atoms with E-state index in [9.17, 15) is 9.59 Å². The van der Waals surface area contributed by atoms with Gasteiger partial charge in [-0.1, -0.05) is 6.07 Å². The topological polar surface area (TPSA) is 125 Å². The Labute approximate surface area is 152 Å². The number of carbonyl (C=O) groups is 1. The molecule has 0 bridgehead atoms. The predicted octanol–water partition coefficient (Wildman–Crippen LogP) is 0.134. The van der Waals surface area contributed by atoms with Gasteiger partial charge >= 0.3 is 0 Å². The van der Waals surface area contributed by atoms with Gasteiger partial charge in [-0.25, -0.2) is 9.67 Å². The maximum absolute atomic E-state index is 12.4. The van der Waals surface area contributed by atoms with Crippen LogP contribution in [0.4, 0.5) is 5.69 Å². The summed E-state index contributed by atoms with van der Waals surface area (Å²) < 4.78 is 4.43. The Kier molecular flexibility index (Phi) is 4.16. The lowest BCUT2D eigenvalue weighted by atomic mass is 10.2. The summed E-state index contributed by atoms with van der Waals surface area (Å²) in [5.74, 6) is -0.220. The average molecular weight is 365 g/mol. The summed E-state index contributed by atoms with van der Waals surface area (Å²) in [4.78, 5) is 28.9. The van der Waals surface area contributed by atoms with Crippen molar-refractivity contribution in [3.8, 4) is 5.69 Å². The fraction of sp³-hybridized carbons (Fsp3) is 0.188. The number of nitrogens with zero attached hydrogens (tertiary/aromatic N) is 8. The van der Waals surface area contributed by atoms with Crippen LogP contribution >= 0.6 is 0 Å². The Balaban J connectivity index is 1.44. The number of aromatic nitrogens is 8. The van der Waals surface area contributed by atoms with E-state index >= 15 is 0 Å². The monoisotopic (exact) mass is 365 g/mol. The first-order valence-corrected chi connectivity index (χ1v) is 8.12. The molecule has 0 aliphatic heterocycles. The molecular formula is C16H15N9O2. The zero-order chi connectivity index (χ0) is 18.8. The number of benzene rings is 1. The fourth-order valence-corrected chi connectivity index (χ4v) is 2.68. The van der Waals surface area contributed by atoms with Gasteiger partial charge in [0.05, 0.1) is 18.2 Å². The summed E-state index contributed by atoms with van der Waals surface area (Å²) in [6.45, 7) is 0.217. The highest BCUT2D eigenvalue weighted by molar-refractivity contribution is 5.90. The van der Waals surface area contributed by atoms with Crippen LogP contribution in [0, 0.1) is 0 Å². The molecule has 4 rings (SSSR count). The van der Waals surface area contributed by atoms with Gasteiger partial charge in [0.25, 0.3) is 5.56 Å². The first-order valence-electron chi connectivity index (χ1n) is 8.12. The third-order valence-corrected chi connectivity index (χ3v) is 4.04. The standard InChI is InChI=1S/C16H15N9O2/c1-23-15-13(8-19-23)16(27)24(9-17-15)6-5-14(26)20-11-3-2-4-12(7-11)25-10-18-21-22-25/h2-4,7-10H,5-6H2,1H3,(H,20,26). The highest BCUT2D eigenvalue weighted by Gasteiger charge is 2.10. The van der Waals surface area contributed by atoms with Crippen LogP contribution in [0.1, 0.15) is 6.42 Å². The van der Waals surface area contributed by atoms with Crippen LogP contribution in [0.5, 0.6) is 0 Å². The lowest BCUT2D eigenvalue weighted by Gasteiger charge is -2.08. The molecule has 11 nitrogen and oxygen atoms in total. The molecular weight excluding hydrogens is 350 g/mol. The van der Waals surface area contributed by atoms with Gasteiger partial charge in [0, 0.05) is 25.7 Å². The molecule has 0 unspecified atom stereocenters. The van der Waals surface area contributed by atoms with Crippen molar-refractivity contribution in [2.24, 2.45) is 7.05 Å². The van der Waals surface area contributed by atoms with E-state index in [1.807, 2.05) is 6.07 Å². The van der Waals surface area contributed by atoms with E-state index in [1.165, 1.54) is 32.8 Å². The number of hydrogen-bond donors (Lipinski definition) is 1. The molecule has 11 heteroatoms. The van der Waals surface area contributed by atoms with E-state index in [4.69, 9.17) is 0 Å². The third kappa shape index (κ3) is 3.29. The Morgan fingerprint density at radius 2 is 2.15 bits per heavy atom. The molecule has 0 aliphatic rings. The van der Waals surface area contributed by atoms with E-state index < -0.39 is 0 Å². The predicted molar refractivity (Wildman–Crippen MR) is 95.2 cm³/mol. The van der Waals surface area contributed by atoms with Crippen molar-refractivity contribution in [1.82, 2.24) is 39.5 Å². The fourth-order valence-electron chi connectivity index (χ4n) is 2.68. The molecule has 1 aromatic carbocycles. The zero-order valence-electron chi connectivity index (χ0n) is 14.3.